The van der Waals surface area contributed by atoms with Crippen LogP contribution < -0.4 is 11.3 Å². The Morgan fingerprint density at radius 2 is 2.40 bits per heavy atom. The number of hydrogen-bond donors (Lipinski definition) is 2. The molecule has 84 valence electrons. The molecule has 0 aliphatic carbocycles. The Morgan fingerprint density at radius 3 is 3.00 bits per heavy atom. The number of ether oxygens (including phenoxy) is 1. The summed E-state index contributed by atoms with van der Waals surface area (Å²) in [6.07, 6.45) is 0.954. The molecule has 0 aliphatic rings. The number of hydrogen-bond acceptors (Lipinski definition) is 4. The van der Waals surface area contributed by atoms with Crippen LogP contribution in [0, 0.1) is 6.92 Å². The van der Waals surface area contributed by atoms with Crippen LogP contribution in [0.2, 0.25) is 0 Å². The van der Waals surface area contributed by atoms with Gasteiger partial charge in [0, 0.05) is 12.2 Å². The molecule has 5 nitrogen and oxygen atoms in total. The van der Waals surface area contributed by atoms with Gasteiger partial charge in [-0.25, -0.2) is 5.84 Å². The number of nitrogens with two attached hydrogens (primary N) is 1. The van der Waals surface area contributed by atoms with Gasteiger partial charge in [-0.05, 0) is 19.4 Å². The smallest absolute Gasteiger partial charge is 0.301 e. The minimum Gasteiger partial charge on any atom is -0.453 e. The predicted molar refractivity (Wildman–Crippen MR) is 55.0 cm³/mol. The van der Waals surface area contributed by atoms with Crippen molar-refractivity contribution in [3.05, 3.63) is 23.2 Å². The lowest BCUT2D eigenvalue weighted by Gasteiger charge is -1.98. The van der Waals surface area contributed by atoms with Crippen molar-refractivity contribution >= 4 is 5.91 Å². The van der Waals surface area contributed by atoms with E-state index in [1.54, 1.807) is 13.0 Å². The maximum atomic E-state index is 11.2. The van der Waals surface area contributed by atoms with Crippen molar-refractivity contribution < 1.29 is 13.9 Å². The Kier molecular flexibility index (Phi) is 4.33. The van der Waals surface area contributed by atoms with Crippen molar-refractivity contribution in [1.82, 2.24) is 5.43 Å². The third kappa shape index (κ3) is 3.07. The molecule has 0 saturated carbocycles. The van der Waals surface area contributed by atoms with E-state index >= 15 is 0 Å². The van der Waals surface area contributed by atoms with E-state index in [0.717, 1.165) is 12.0 Å². The van der Waals surface area contributed by atoms with Crippen molar-refractivity contribution in [2.45, 2.75) is 26.9 Å². The largest absolute Gasteiger partial charge is 0.453 e. The zero-order valence-corrected chi connectivity index (χ0v) is 9.00. The number of aryl methyl sites for hydroxylation is 1. The predicted octanol–water partition coefficient (Wildman–Crippen LogP) is 1.12. The maximum absolute atomic E-state index is 11.2. The van der Waals surface area contributed by atoms with Gasteiger partial charge in [-0.1, -0.05) is 6.92 Å². The van der Waals surface area contributed by atoms with E-state index in [1.165, 1.54) is 0 Å². The number of nitrogen functional groups attached to an aromatic ring is 1. The molecule has 1 aromatic rings. The van der Waals surface area contributed by atoms with Crippen LogP contribution in [0.1, 0.15) is 35.2 Å². The molecular formula is C10H16N2O3. The highest BCUT2D eigenvalue weighted by atomic mass is 16.5. The lowest BCUT2D eigenvalue weighted by Crippen LogP contribution is -2.30. The molecule has 0 radical (unpaired) electrons. The summed E-state index contributed by atoms with van der Waals surface area (Å²) in [6, 6.07) is 1.78. The van der Waals surface area contributed by atoms with E-state index < -0.39 is 5.91 Å². The standard InChI is InChI=1S/C10H16N2O3/c1-3-4-14-6-8-5-7(2)9(15-8)10(13)12-11/h5H,3-4,6,11H2,1-2H3,(H,12,13). The zero-order valence-electron chi connectivity index (χ0n) is 9.00. The second kappa shape index (κ2) is 5.53. The Balaban J connectivity index is 2.64. The molecule has 1 rings (SSSR count). The van der Waals surface area contributed by atoms with E-state index in [-0.39, 0.29) is 5.76 Å². The summed E-state index contributed by atoms with van der Waals surface area (Å²) < 4.78 is 10.6. The topological polar surface area (TPSA) is 77.5 Å². The molecule has 0 saturated heterocycles. The molecular weight excluding hydrogens is 196 g/mol. The molecule has 0 unspecified atom stereocenters. The minimum absolute atomic E-state index is 0.243. The number of furan rings is 1. The van der Waals surface area contributed by atoms with Gasteiger partial charge in [0.2, 0.25) is 0 Å². The normalized spacial score (nSPS) is 10.3. The maximum Gasteiger partial charge on any atom is 0.301 e. The summed E-state index contributed by atoms with van der Waals surface area (Å²) in [7, 11) is 0. The van der Waals surface area contributed by atoms with E-state index in [4.69, 9.17) is 15.0 Å². The summed E-state index contributed by atoms with van der Waals surface area (Å²) in [4.78, 5) is 11.2. The second-order valence-corrected chi connectivity index (χ2v) is 3.25. The average Bonchev–Trinajstić information content (AvgIpc) is 2.59. The molecule has 15 heavy (non-hydrogen) atoms. The Morgan fingerprint density at radius 1 is 1.67 bits per heavy atom. The Hall–Kier alpha value is -1.33. The number of carbonyl (C=O) groups excluding carboxylic acids is 1. The van der Waals surface area contributed by atoms with Gasteiger partial charge in [-0.15, -0.1) is 0 Å². The summed E-state index contributed by atoms with van der Waals surface area (Å²) in [5.74, 6) is 5.47. The Bertz CT molecular complexity index is 333. The van der Waals surface area contributed by atoms with Crippen LogP contribution in [-0.4, -0.2) is 12.5 Å². The fourth-order valence-electron chi connectivity index (χ4n) is 1.23. The first-order valence-corrected chi connectivity index (χ1v) is 4.87. The molecule has 0 aliphatic heterocycles. The third-order valence-electron chi connectivity index (χ3n) is 1.90. The van der Waals surface area contributed by atoms with Gasteiger partial charge >= 0.3 is 5.91 Å². The van der Waals surface area contributed by atoms with E-state index in [1.807, 2.05) is 12.3 Å². The zero-order chi connectivity index (χ0) is 11.3. The average molecular weight is 212 g/mol. The molecule has 1 aromatic heterocycles. The lowest BCUT2D eigenvalue weighted by atomic mass is 10.2. The fraction of sp³-hybridized carbons (Fsp3) is 0.500. The first-order chi connectivity index (χ1) is 7.19. The van der Waals surface area contributed by atoms with Crippen molar-refractivity contribution in [2.24, 2.45) is 5.84 Å². The number of hydrazine groups is 1. The highest BCUT2D eigenvalue weighted by Gasteiger charge is 2.14. The van der Waals surface area contributed by atoms with Gasteiger partial charge in [0.05, 0.1) is 0 Å². The van der Waals surface area contributed by atoms with Crippen LogP contribution in [-0.2, 0) is 11.3 Å². The van der Waals surface area contributed by atoms with Crippen molar-refractivity contribution in [2.75, 3.05) is 6.61 Å². The van der Waals surface area contributed by atoms with E-state index in [2.05, 4.69) is 0 Å². The van der Waals surface area contributed by atoms with Crippen LogP contribution in [0.4, 0.5) is 0 Å². The molecule has 5 heteroatoms. The molecule has 0 fully saturated rings. The summed E-state index contributed by atoms with van der Waals surface area (Å²) in [5, 5.41) is 0. The van der Waals surface area contributed by atoms with Gasteiger partial charge < -0.3 is 9.15 Å². The molecule has 3 N–H and O–H groups in total. The number of carbonyl (C=O) groups is 1. The van der Waals surface area contributed by atoms with E-state index in [0.29, 0.717) is 19.0 Å². The van der Waals surface area contributed by atoms with Crippen molar-refractivity contribution in [1.29, 1.82) is 0 Å². The van der Waals surface area contributed by atoms with Gasteiger partial charge in [0.15, 0.2) is 5.76 Å². The second-order valence-electron chi connectivity index (χ2n) is 3.25. The summed E-state index contributed by atoms with van der Waals surface area (Å²) in [5.41, 5.74) is 2.79. The monoisotopic (exact) mass is 212 g/mol. The van der Waals surface area contributed by atoms with Crippen LogP contribution in [0.25, 0.3) is 0 Å². The molecule has 1 heterocycles. The fourth-order valence-corrected chi connectivity index (χ4v) is 1.23. The van der Waals surface area contributed by atoms with Crippen LogP contribution >= 0.6 is 0 Å². The summed E-state index contributed by atoms with van der Waals surface area (Å²) >= 11 is 0. The van der Waals surface area contributed by atoms with Crippen molar-refractivity contribution in [3.63, 3.8) is 0 Å². The number of amides is 1. The van der Waals surface area contributed by atoms with Crippen molar-refractivity contribution in [3.8, 4) is 0 Å². The molecule has 0 spiro atoms. The Labute approximate surface area is 88.6 Å². The molecule has 1 amide bonds. The molecule has 0 aromatic carbocycles. The quantitative estimate of drug-likeness (QED) is 0.332. The number of nitrogens with one attached hydrogen (secondary N) is 1. The van der Waals surface area contributed by atoms with Gasteiger partial charge in [-0.3, -0.25) is 10.2 Å². The van der Waals surface area contributed by atoms with Crippen LogP contribution in [0.15, 0.2) is 10.5 Å². The minimum atomic E-state index is -0.422. The summed E-state index contributed by atoms with van der Waals surface area (Å²) in [6.45, 7) is 4.88. The van der Waals surface area contributed by atoms with Gasteiger partial charge in [0.25, 0.3) is 0 Å². The highest BCUT2D eigenvalue weighted by Crippen LogP contribution is 2.15. The van der Waals surface area contributed by atoms with Gasteiger partial charge in [-0.2, -0.15) is 0 Å². The SMILES string of the molecule is CCCOCc1cc(C)c(C(=O)NN)o1. The first kappa shape index (κ1) is 11.7. The highest BCUT2D eigenvalue weighted by molar-refractivity contribution is 5.92. The van der Waals surface area contributed by atoms with E-state index in [9.17, 15) is 4.79 Å². The van der Waals surface area contributed by atoms with Gasteiger partial charge in [0.1, 0.15) is 12.4 Å². The lowest BCUT2D eigenvalue weighted by molar-refractivity contribution is 0.0894. The third-order valence-corrected chi connectivity index (χ3v) is 1.90. The molecule has 0 atom stereocenters. The van der Waals surface area contributed by atoms with Crippen LogP contribution in [0.3, 0.4) is 0 Å². The number of rotatable bonds is 5. The van der Waals surface area contributed by atoms with Crippen LogP contribution in [0.5, 0.6) is 0 Å². The first-order valence-electron chi connectivity index (χ1n) is 4.87. The molecule has 0 bridgehead atoms.